The molecule has 0 bridgehead atoms. The number of hydrogen-bond acceptors (Lipinski definition) is 4. The van der Waals surface area contributed by atoms with Crippen molar-refractivity contribution < 1.29 is 4.74 Å². The highest BCUT2D eigenvalue weighted by Crippen LogP contribution is 2.40. The number of hydrogen-bond donors (Lipinski definition) is 3. The Morgan fingerprint density at radius 2 is 1.96 bits per heavy atom. The molecular formula is C21H38IN5O. The lowest BCUT2D eigenvalue weighted by atomic mass is 9.83. The molecule has 1 heterocycles. The summed E-state index contributed by atoms with van der Waals surface area (Å²) >= 11 is 0. The molecule has 0 aliphatic heterocycles. The molecule has 1 saturated carbocycles. The van der Waals surface area contributed by atoms with Crippen LogP contribution in [0.15, 0.2) is 29.4 Å². The van der Waals surface area contributed by atoms with E-state index in [0.29, 0.717) is 5.41 Å². The number of nitrogens with one attached hydrogen (secondary N) is 3. The predicted molar refractivity (Wildman–Crippen MR) is 129 cm³/mol. The maximum atomic E-state index is 5.60. The van der Waals surface area contributed by atoms with Crippen LogP contribution in [0.3, 0.4) is 0 Å². The van der Waals surface area contributed by atoms with E-state index in [1.807, 2.05) is 31.4 Å². The highest BCUT2D eigenvalue weighted by atomic mass is 127. The first-order chi connectivity index (χ1) is 13.3. The molecule has 2 rings (SSSR count). The van der Waals surface area contributed by atoms with Crippen molar-refractivity contribution in [2.45, 2.75) is 51.9 Å². The van der Waals surface area contributed by atoms with Crippen molar-refractivity contribution in [2.24, 2.45) is 10.4 Å². The first-order valence-electron chi connectivity index (χ1n) is 10.5. The number of pyridine rings is 1. The fraction of sp³-hybridized carbons (Fsp3) is 0.714. The molecule has 1 aromatic rings. The van der Waals surface area contributed by atoms with E-state index in [1.54, 1.807) is 0 Å². The summed E-state index contributed by atoms with van der Waals surface area (Å²) in [7, 11) is 1.85. The summed E-state index contributed by atoms with van der Waals surface area (Å²) in [6, 6.07) is 5.92. The SMILES string of the molecule is CCOCCC1(CNC(=NC)NCCCCNc2ccccn2)CCCC1.I. The zero-order valence-corrected chi connectivity index (χ0v) is 19.8. The van der Waals surface area contributed by atoms with Gasteiger partial charge in [0, 0.05) is 46.1 Å². The minimum absolute atomic E-state index is 0. The van der Waals surface area contributed by atoms with Crippen LogP contribution in [0.25, 0.3) is 0 Å². The number of unbranched alkanes of at least 4 members (excludes halogenated alkanes) is 1. The zero-order valence-electron chi connectivity index (χ0n) is 17.5. The van der Waals surface area contributed by atoms with Gasteiger partial charge in [0.15, 0.2) is 5.96 Å². The van der Waals surface area contributed by atoms with Gasteiger partial charge in [-0.1, -0.05) is 18.9 Å². The molecule has 0 amide bonds. The van der Waals surface area contributed by atoms with Gasteiger partial charge in [0.05, 0.1) is 0 Å². The second kappa shape index (κ2) is 14.8. The summed E-state index contributed by atoms with van der Waals surface area (Å²) in [6.45, 7) is 6.59. The molecule has 1 aliphatic rings. The molecule has 0 saturated heterocycles. The number of halogens is 1. The van der Waals surface area contributed by atoms with Crippen LogP contribution in [0.2, 0.25) is 0 Å². The molecule has 7 heteroatoms. The van der Waals surface area contributed by atoms with Crippen LogP contribution < -0.4 is 16.0 Å². The minimum atomic E-state index is 0. The van der Waals surface area contributed by atoms with E-state index in [1.165, 1.54) is 25.7 Å². The lowest BCUT2D eigenvalue weighted by molar-refractivity contribution is 0.105. The molecule has 0 aromatic carbocycles. The van der Waals surface area contributed by atoms with Gasteiger partial charge in [-0.3, -0.25) is 4.99 Å². The van der Waals surface area contributed by atoms with E-state index in [-0.39, 0.29) is 24.0 Å². The molecule has 1 aromatic heterocycles. The van der Waals surface area contributed by atoms with Gasteiger partial charge in [0.1, 0.15) is 5.82 Å². The number of aliphatic imine (C=N–C) groups is 1. The Balaban J connectivity index is 0.00000392. The van der Waals surface area contributed by atoms with Gasteiger partial charge in [-0.25, -0.2) is 4.98 Å². The Morgan fingerprint density at radius 3 is 2.64 bits per heavy atom. The van der Waals surface area contributed by atoms with Crippen molar-refractivity contribution >= 4 is 35.8 Å². The molecule has 0 unspecified atom stereocenters. The Bertz CT molecular complexity index is 535. The summed E-state index contributed by atoms with van der Waals surface area (Å²) in [4.78, 5) is 8.65. The van der Waals surface area contributed by atoms with E-state index in [2.05, 4.69) is 32.9 Å². The van der Waals surface area contributed by atoms with Crippen LogP contribution in [0.1, 0.15) is 51.9 Å². The number of anilines is 1. The topological polar surface area (TPSA) is 70.6 Å². The van der Waals surface area contributed by atoms with Crippen molar-refractivity contribution in [1.29, 1.82) is 0 Å². The molecule has 0 spiro atoms. The van der Waals surface area contributed by atoms with E-state index in [0.717, 1.165) is 63.9 Å². The monoisotopic (exact) mass is 503 g/mol. The van der Waals surface area contributed by atoms with E-state index in [4.69, 9.17) is 4.74 Å². The Hall–Kier alpha value is -1.09. The van der Waals surface area contributed by atoms with Gasteiger partial charge in [-0.05, 0) is 56.6 Å². The first-order valence-corrected chi connectivity index (χ1v) is 10.5. The van der Waals surface area contributed by atoms with Crippen LogP contribution in [0.4, 0.5) is 5.82 Å². The van der Waals surface area contributed by atoms with Gasteiger partial charge in [0.25, 0.3) is 0 Å². The third-order valence-electron chi connectivity index (χ3n) is 5.37. The molecule has 6 nitrogen and oxygen atoms in total. The standard InChI is InChI=1S/C21H37N5O.HI/c1-3-27-17-13-21(11-5-6-12-21)18-26-20(22-2)25-16-9-8-15-24-19-10-4-7-14-23-19;/h4,7,10,14H,3,5-6,8-9,11-13,15-18H2,1-2H3,(H,23,24)(H2,22,25,26);1H. The van der Waals surface area contributed by atoms with Crippen molar-refractivity contribution in [1.82, 2.24) is 15.6 Å². The summed E-state index contributed by atoms with van der Waals surface area (Å²) in [5.41, 5.74) is 0.374. The van der Waals surface area contributed by atoms with Gasteiger partial charge in [0.2, 0.25) is 0 Å². The molecule has 28 heavy (non-hydrogen) atoms. The lowest BCUT2D eigenvalue weighted by Crippen LogP contribution is -2.43. The molecule has 0 atom stereocenters. The second-order valence-electron chi connectivity index (χ2n) is 7.36. The predicted octanol–water partition coefficient (Wildman–Crippen LogP) is 4.04. The third-order valence-corrected chi connectivity index (χ3v) is 5.37. The van der Waals surface area contributed by atoms with Crippen LogP contribution in [0.5, 0.6) is 0 Å². The zero-order chi connectivity index (χ0) is 19.2. The lowest BCUT2D eigenvalue weighted by Gasteiger charge is -2.30. The average Bonchev–Trinajstić information content (AvgIpc) is 3.17. The normalized spacial score (nSPS) is 15.7. The van der Waals surface area contributed by atoms with Crippen LogP contribution in [-0.4, -0.2) is 50.8 Å². The first kappa shape index (κ1) is 24.9. The summed E-state index contributed by atoms with van der Waals surface area (Å²) in [6.07, 6.45) is 10.4. The number of rotatable bonds is 12. The highest BCUT2D eigenvalue weighted by Gasteiger charge is 2.33. The number of aromatic nitrogens is 1. The van der Waals surface area contributed by atoms with Gasteiger partial charge in [-0.15, -0.1) is 24.0 Å². The quantitative estimate of drug-likeness (QED) is 0.174. The van der Waals surface area contributed by atoms with E-state index >= 15 is 0 Å². The minimum Gasteiger partial charge on any atom is -0.382 e. The number of ether oxygens (including phenoxy) is 1. The Kier molecular flexibility index (Phi) is 13.2. The summed E-state index contributed by atoms with van der Waals surface area (Å²) < 4.78 is 5.60. The molecule has 3 N–H and O–H groups in total. The maximum Gasteiger partial charge on any atom is 0.190 e. The van der Waals surface area contributed by atoms with E-state index < -0.39 is 0 Å². The molecular weight excluding hydrogens is 465 g/mol. The van der Waals surface area contributed by atoms with Crippen molar-refractivity contribution in [3.05, 3.63) is 24.4 Å². The van der Waals surface area contributed by atoms with Crippen LogP contribution in [-0.2, 0) is 4.74 Å². The van der Waals surface area contributed by atoms with Crippen molar-refractivity contribution in [3.63, 3.8) is 0 Å². The fourth-order valence-electron chi connectivity index (χ4n) is 3.71. The highest BCUT2D eigenvalue weighted by molar-refractivity contribution is 14.0. The summed E-state index contributed by atoms with van der Waals surface area (Å²) in [5.74, 6) is 1.85. The van der Waals surface area contributed by atoms with Crippen LogP contribution in [0, 0.1) is 5.41 Å². The third kappa shape index (κ3) is 9.41. The average molecular weight is 503 g/mol. The largest absolute Gasteiger partial charge is 0.382 e. The number of nitrogens with zero attached hydrogens (tertiary/aromatic N) is 2. The molecule has 1 aliphatic carbocycles. The Labute approximate surface area is 187 Å². The smallest absolute Gasteiger partial charge is 0.190 e. The van der Waals surface area contributed by atoms with Gasteiger partial charge in [-0.2, -0.15) is 0 Å². The maximum absolute atomic E-state index is 5.60. The van der Waals surface area contributed by atoms with E-state index in [9.17, 15) is 0 Å². The van der Waals surface area contributed by atoms with Crippen molar-refractivity contribution in [3.8, 4) is 0 Å². The fourth-order valence-corrected chi connectivity index (χ4v) is 3.71. The van der Waals surface area contributed by atoms with Crippen molar-refractivity contribution in [2.75, 3.05) is 45.2 Å². The van der Waals surface area contributed by atoms with Gasteiger partial charge >= 0.3 is 0 Å². The Morgan fingerprint density at radius 1 is 1.18 bits per heavy atom. The number of guanidine groups is 1. The second-order valence-corrected chi connectivity index (χ2v) is 7.36. The molecule has 0 radical (unpaired) electrons. The van der Waals surface area contributed by atoms with Gasteiger partial charge < -0.3 is 20.7 Å². The summed E-state index contributed by atoms with van der Waals surface area (Å²) in [5, 5.41) is 10.3. The van der Waals surface area contributed by atoms with Crippen LogP contribution >= 0.6 is 24.0 Å². The molecule has 160 valence electrons. The molecule has 1 fully saturated rings.